The molecule has 0 unspecified atom stereocenters. The van der Waals surface area contributed by atoms with Crippen molar-refractivity contribution in [1.29, 1.82) is 0 Å². The Morgan fingerprint density at radius 1 is 0.423 bits per heavy atom. The highest BCUT2D eigenvalue weighted by Gasteiger charge is 2.21. The van der Waals surface area contributed by atoms with E-state index in [4.69, 9.17) is 0 Å². The van der Waals surface area contributed by atoms with Gasteiger partial charge in [-0.3, -0.25) is 0 Å². The summed E-state index contributed by atoms with van der Waals surface area (Å²) in [5, 5.41) is 2.21. The van der Waals surface area contributed by atoms with Crippen molar-refractivity contribution < 1.29 is 17.6 Å². The van der Waals surface area contributed by atoms with Gasteiger partial charge in [-0.05, 0) is 45.8 Å². The molecular weight excluding hydrogens is 420 g/mol. The van der Waals surface area contributed by atoms with E-state index in [0.29, 0.717) is 51.9 Å². The van der Waals surface area contributed by atoms with Gasteiger partial charge in [0.25, 0.3) is 0 Å². The monoisotopic (exact) mass is 428 g/mol. The van der Waals surface area contributed by atoms with Gasteiger partial charge in [0.2, 0.25) is 0 Å². The molecule has 8 heteroatoms. The van der Waals surface area contributed by atoms with E-state index in [1.807, 2.05) is 0 Å². The smallest absolute Gasteiger partial charge is 0.159 e. The highest BCUT2D eigenvalue weighted by molar-refractivity contribution is 7.83. The molecule has 0 bridgehead atoms. The molecule has 0 heterocycles. The van der Waals surface area contributed by atoms with Gasteiger partial charge >= 0.3 is 0 Å². The molecule has 0 aliphatic rings. The molecule has 4 rings (SSSR count). The van der Waals surface area contributed by atoms with Crippen LogP contribution >= 0.6 is 50.5 Å². The van der Waals surface area contributed by atoms with Gasteiger partial charge in [-0.25, -0.2) is 17.6 Å². The molecule has 4 aromatic rings. The summed E-state index contributed by atoms with van der Waals surface area (Å²) in [5.41, 5.74) is 0. The minimum atomic E-state index is -1.03. The molecule has 0 saturated carbocycles. The van der Waals surface area contributed by atoms with E-state index < -0.39 is 23.3 Å². The van der Waals surface area contributed by atoms with E-state index in [9.17, 15) is 17.6 Å². The molecular formula is C18H8F4S4. The zero-order valence-electron chi connectivity index (χ0n) is 12.6. The maximum absolute atomic E-state index is 13.7. The largest absolute Gasteiger partial charge is 0.204 e. The third-order valence-electron chi connectivity index (χ3n) is 4.34. The lowest BCUT2D eigenvalue weighted by Gasteiger charge is -2.17. The fourth-order valence-corrected chi connectivity index (χ4v) is 4.92. The molecule has 0 spiro atoms. The quantitative estimate of drug-likeness (QED) is 0.131. The van der Waals surface area contributed by atoms with Crippen LogP contribution in [0.25, 0.3) is 32.3 Å². The van der Waals surface area contributed by atoms with Gasteiger partial charge in [0.05, 0.1) is 0 Å². The van der Waals surface area contributed by atoms with Crippen molar-refractivity contribution in [3.63, 3.8) is 0 Å². The summed E-state index contributed by atoms with van der Waals surface area (Å²) in [7, 11) is 0. The minimum absolute atomic E-state index is 0.318. The van der Waals surface area contributed by atoms with Gasteiger partial charge in [-0.15, -0.1) is 50.5 Å². The second kappa shape index (κ2) is 6.15. The Balaban J connectivity index is 2.37. The van der Waals surface area contributed by atoms with E-state index in [-0.39, 0.29) is 0 Å². The average Bonchev–Trinajstić information content (AvgIpc) is 2.59. The van der Waals surface area contributed by atoms with Crippen LogP contribution in [-0.2, 0) is 0 Å². The van der Waals surface area contributed by atoms with E-state index in [1.165, 1.54) is 0 Å². The Morgan fingerprint density at radius 2 is 0.615 bits per heavy atom. The first-order valence-electron chi connectivity index (χ1n) is 7.21. The van der Waals surface area contributed by atoms with Gasteiger partial charge in [-0.2, -0.15) is 0 Å². The maximum Gasteiger partial charge on any atom is 0.159 e. The zero-order chi connectivity index (χ0) is 18.9. The van der Waals surface area contributed by atoms with Crippen molar-refractivity contribution in [3.05, 3.63) is 47.5 Å². The van der Waals surface area contributed by atoms with Crippen molar-refractivity contribution in [3.8, 4) is 0 Å². The van der Waals surface area contributed by atoms with Crippen LogP contribution in [-0.4, -0.2) is 0 Å². The van der Waals surface area contributed by atoms with Crippen molar-refractivity contribution >= 4 is 82.8 Å². The second-order valence-corrected chi connectivity index (χ2v) is 7.56. The molecule has 0 saturated heterocycles. The van der Waals surface area contributed by atoms with Crippen LogP contribution < -0.4 is 0 Å². The summed E-state index contributed by atoms with van der Waals surface area (Å²) in [4.78, 5) is 1.27. The van der Waals surface area contributed by atoms with Crippen molar-refractivity contribution in [2.24, 2.45) is 0 Å². The third kappa shape index (κ3) is 2.42. The van der Waals surface area contributed by atoms with Crippen molar-refractivity contribution in [2.45, 2.75) is 19.6 Å². The van der Waals surface area contributed by atoms with Crippen molar-refractivity contribution in [1.82, 2.24) is 0 Å². The van der Waals surface area contributed by atoms with Crippen LogP contribution in [0, 0.1) is 23.3 Å². The Kier molecular flexibility index (Phi) is 4.30. The average molecular weight is 429 g/mol. The first kappa shape index (κ1) is 18.2. The summed E-state index contributed by atoms with van der Waals surface area (Å²) in [5.74, 6) is -4.11. The first-order chi connectivity index (χ1) is 12.2. The summed E-state index contributed by atoms with van der Waals surface area (Å²) < 4.78 is 54.9. The van der Waals surface area contributed by atoms with Crippen LogP contribution in [0.4, 0.5) is 17.6 Å². The molecule has 0 atom stereocenters. The number of thiol groups is 4. The van der Waals surface area contributed by atoms with Gasteiger partial charge < -0.3 is 0 Å². The number of halogens is 4. The molecule has 0 aromatic heterocycles. The molecule has 4 aromatic carbocycles. The lowest BCUT2D eigenvalue weighted by molar-refractivity contribution is 0.510. The Labute approximate surface area is 167 Å². The van der Waals surface area contributed by atoms with Crippen LogP contribution in [0.1, 0.15) is 0 Å². The highest BCUT2D eigenvalue weighted by Crippen LogP contribution is 2.46. The summed E-state index contributed by atoms with van der Waals surface area (Å²) in [6.45, 7) is 0. The lowest BCUT2D eigenvalue weighted by atomic mass is 9.98. The van der Waals surface area contributed by atoms with E-state index in [2.05, 4.69) is 50.5 Å². The Morgan fingerprint density at radius 3 is 0.808 bits per heavy atom. The zero-order valence-corrected chi connectivity index (χ0v) is 16.2. The highest BCUT2D eigenvalue weighted by atomic mass is 32.1. The molecule has 0 nitrogen and oxygen atoms in total. The van der Waals surface area contributed by atoms with Crippen LogP contribution in [0.5, 0.6) is 0 Å². The molecule has 0 fully saturated rings. The van der Waals surface area contributed by atoms with Crippen LogP contribution in [0.15, 0.2) is 43.8 Å². The maximum atomic E-state index is 13.7. The van der Waals surface area contributed by atoms with Gasteiger partial charge in [0.1, 0.15) is 0 Å². The second-order valence-electron chi connectivity index (χ2n) is 5.77. The number of hydrogen-bond acceptors (Lipinski definition) is 4. The van der Waals surface area contributed by atoms with Gasteiger partial charge in [-0.1, -0.05) is 0 Å². The molecule has 26 heavy (non-hydrogen) atoms. The summed E-state index contributed by atoms with van der Waals surface area (Å²) in [6, 6.07) is 4.08. The molecule has 132 valence electrons. The lowest BCUT2D eigenvalue weighted by Crippen LogP contribution is -1.94. The predicted octanol–water partition coefficient (Wildman–Crippen LogP) is 6.86. The Bertz CT molecular complexity index is 1080. The third-order valence-corrected chi connectivity index (χ3v) is 6.20. The fourth-order valence-electron chi connectivity index (χ4n) is 3.11. The van der Waals surface area contributed by atoms with Crippen LogP contribution in [0.3, 0.4) is 0 Å². The number of benzene rings is 4. The van der Waals surface area contributed by atoms with Gasteiger partial charge in [0.15, 0.2) is 23.3 Å². The van der Waals surface area contributed by atoms with Crippen molar-refractivity contribution in [2.75, 3.05) is 0 Å². The molecule has 0 radical (unpaired) electrons. The van der Waals surface area contributed by atoms with Gasteiger partial charge in [0, 0.05) is 30.4 Å². The van der Waals surface area contributed by atoms with E-state index >= 15 is 0 Å². The fraction of sp³-hybridized carbons (Fsp3) is 0. The summed E-state index contributed by atoms with van der Waals surface area (Å²) >= 11 is 17.8. The van der Waals surface area contributed by atoms with Crippen LogP contribution in [0.2, 0.25) is 0 Å². The standard InChI is InChI=1S/C18H8F4S4/c19-9-1-5-6(2-10(9)20)16(24)14-13(15(5)23)17(25)7-3-11(21)12(22)4-8(7)18(14)26/h1-4,23-26H. The molecule has 0 amide bonds. The Hall–Kier alpha value is -1.22. The number of rotatable bonds is 0. The molecule has 0 N–H and O–H groups in total. The topological polar surface area (TPSA) is 0 Å². The van der Waals surface area contributed by atoms with E-state index in [0.717, 1.165) is 24.3 Å². The number of fused-ring (bicyclic) bond motifs is 3. The minimum Gasteiger partial charge on any atom is -0.204 e. The molecule has 0 aliphatic heterocycles. The van der Waals surface area contributed by atoms with E-state index in [1.54, 1.807) is 0 Å². The predicted molar refractivity (Wildman–Crippen MR) is 108 cm³/mol. The number of hydrogen-bond donors (Lipinski definition) is 4. The molecule has 0 aliphatic carbocycles. The first-order valence-corrected chi connectivity index (χ1v) is 9.00. The SMILES string of the molecule is Fc1cc2c(S)c3c(S)c4cc(F)c(F)cc4c(S)c3c(S)c2cc1F. The summed E-state index contributed by atoms with van der Waals surface area (Å²) in [6.07, 6.45) is 0. The normalized spacial score (nSPS) is 11.8.